The number of halogens is 3. The fourth-order valence-corrected chi connectivity index (χ4v) is 3.12. The quantitative estimate of drug-likeness (QED) is 0.914. The predicted molar refractivity (Wildman–Crippen MR) is 84.9 cm³/mol. The van der Waals surface area contributed by atoms with Crippen LogP contribution in [0.3, 0.4) is 0 Å². The van der Waals surface area contributed by atoms with Crippen molar-refractivity contribution < 1.29 is 22.7 Å². The van der Waals surface area contributed by atoms with E-state index < -0.39 is 6.29 Å². The monoisotopic (exact) mass is 358 g/mol. The van der Waals surface area contributed by atoms with Crippen molar-refractivity contribution in [3.05, 3.63) is 47.9 Å². The van der Waals surface area contributed by atoms with Gasteiger partial charge in [0, 0.05) is 31.7 Å². The number of hydrogen-bond donors (Lipinski definition) is 1. The van der Waals surface area contributed by atoms with Gasteiger partial charge in [-0.1, -0.05) is 12.1 Å². The lowest BCUT2D eigenvalue weighted by Gasteiger charge is -2.34. The molecule has 130 valence electrons. The zero-order valence-corrected chi connectivity index (χ0v) is 13.5. The van der Waals surface area contributed by atoms with E-state index in [4.69, 9.17) is 9.15 Å². The number of rotatable bonds is 3. The van der Waals surface area contributed by atoms with Crippen molar-refractivity contribution in [2.24, 2.45) is 0 Å². The maximum Gasteiger partial charge on any atom is 0.586 e. The van der Waals surface area contributed by atoms with Crippen molar-refractivity contribution >= 4 is 12.4 Å². The number of furan rings is 1. The molecule has 1 N–H and O–H groups in total. The molecule has 2 aromatic rings. The van der Waals surface area contributed by atoms with E-state index in [1.165, 1.54) is 6.07 Å². The average Bonchev–Trinajstić information content (AvgIpc) is 3.15. The zero-order chi connectivity index (χ0) is 15.9. The van der Waals surface area contributed by atoms with E-state index in [2.05, 4.69) is 15.0 Å². The number of nitrogens with zero attached hydrogens (tertiary/aromatic N) is 1. The van der Waals surface area contributed by atoms with Crippen molar-refractivity contribution in [3.8, 4) is 11.5 Å². The summed E-state index contributed by atoms with van der Waals surface area (Å²) in [5.41, 5.74) is 0.622. The van der Waals surface area contributed by atoms with E-state index in [0.717, 1.165) is 26.2 Å². The summed E-state index contributed by atoms with van der Waals surface area (Å²) in [7, 11) is 0. The third-order valence-corrected chi connectivity index (χ3v) is 4.08. The highest BCUT2D eigenvalue weighted by Gasteiger charge is 2.46. The molecule has 0 unspecified atom stereocenters. The van der Waals surface area contributed by atoms with Crippen molar-refractivity contribution in [1.82, 2.24) is 10.2 Å². The van der Waals surface area contributed by atoms with Crippen molar-refractivity contribution in [2.75, 3.05) is 26.2 Å². The van der Waals surface area contributed by atoms with Crippen LogP contribution in [0.2, 0.25) is 0 Å². The molecule has 0 saturated carbocycles. The molecule has 24 heavy (non-hydrogen) atoms. The molecule has 8 heteroatoms. The lowest BCUT2D eigenvalue weighted by molar-refractivity contribution is -0.287. The molecule has 4 rings (SSSR count). The molecule has 1 aromatic heterocycles. The van der Waals surface area contributed by atoms with Crippen molar-refractivity contribution in [2.45, 2.75) is 12.3 Å². The molecule has 0 spiro atoms. The summed E-state index contributed by atoms with van der Waals surface area (Å²) in [6.07, 6.45) is -2.05. The molecular weight excluding hydrogens is 342 g/mol. The van der Waals surface area contributed by atoms with E-state index >= 15 is 0 Å². The molecule has 1 atom stereocenters. The summed E-state index contributed by atoms with van der Waals surface area (Å²) in [6, 6.07) is 8.30. The normalized spacial score (nSPS) is 20.4. The molecule has 0 amide bonds. The summed E-state index contributed by atoms with van der Waals surface area (Å²) >= 11 is 0. The van der Waals surface area contributed by atoms with Crippen LogP contribution in [0.25, 0.3) is 0 Å². The first-order valence-electron chi connectivity index (χ1n) is 7.51. The fraction of sp³-hybridized carbons (Fsp3) is 0.375. The van der Waals surface area contributed by atoms with Crippen LogP contribution in [-0.2, 0) is 0 Å². The third kappa shape index (κ3) is 3.07. The number of piperazine rings is 1. The molecule has 2 aliphatic heterocycles. The van der Waals surface area contributed by atoms with Gasteiger partial charge in [-0.05, 0) is 18.2 Å². The van der Waals surface area contributed by atoms with E-state index in [1.54, 1.807) is 24.5 Å². The van der Waals surface area contributed by atoms with Crippen LogP contribution in [0.4, 0.5) is 8.78 Å². The van der Waals surface area contributed by atoms with Gasteiger partial charge in [0.25, 0.3) is 0 Å². The predicted octanol–water partition coefficient (Wildman–Crippen LogP) is 3.02. The molecule has 1 aromatic carbocycles. The first-order valence-corrected chi connectivity index (χ1v) is 7.51. The number of para-hydroxylation sites is 1. The number of alkyl halides is 2. The van der Waals surface area contributed by atoms with E-state index in [1.807, 2.05) is 6.07 Å². The van der Waals surface area contributed by atoms with Crippen molar-refractivity contribution in [3.63, 3.8) is 0 Å². The molecule has 0 bridgehead atoms. The van der Waals surface area contributed by atoms with Gasteiger partial charge >= 0.3 is 6.29 Å². The first-order chi connectivity index (χ1) is 11.1. The van der Waals surface area contributed by atoms with Gasteiger partial charge in [-0.3, -0.25) is 4.90 Å². The Morgan fingerprint density at radius 3 is 2.58 bits per heavy atom. The van der Waals surface area contributed by atoms with Crippen LogP contribution < -0.4 is 14.8 Å². The van der Waals surface area contributed by atoms with E-state index in [0.29, 0.717) is 11.3 Å². The van der Waals surface area contributed by atoms with E-state index in [9.17, 15) is 8.78 Å². The maximum atomic E-state index is 13.5. The number of ether oxygens (including phenoxy) is 2. The van der Waals surface area contributed by atoms with Gasteiger partial charge in [0.2, 0.25) is 0 Å². The fourth-order valence-electron chi connectivity index (χ4n) is 3.12. The number of hydrogen-bond acceptors (Lipinski definition) is 5. The number of nitrogens with one attached hydrogen (secondary N) is 1. The Kier molecular flexibility index (Phi) is 4.67. The minimum Gasteiger partial charge on any atom is -0.467 e. The van der Waals surface area contributed by atoms with Crippen molar-refractivity contribution in [1.29, 1.82) is 0 Å². The van der Waals surface area contributed by atoms with Crippen LogP contribution in [0.1, 0.15) is 17.4 Å². The highest BCUT2D eigenvalue weighted by atomic mass is 35.5. The smallest absolute Gasteiger partial charge is 0.467 e. The minimum absolute atomic E-state index is 0. The van der Waals surface area contributed by atoms with Gasteiger partial charge in [0.1, 0.15) is 5.76 Å². The van der Waals surface area contributed by atoms with Gasteiger partial charge in [-0.25, -0.2) is 0 Å². The van der Waals surface area contributed by atoms with Crippen LogP contribution in [0.15, 0.2) is 41.0 Å². The Hall–Kier alpha value is -1.83. The Labute approximate surface area is 143 Å². The van der Waals surface area contributed by atoms with Gasteiger partial charge in [-0.2, -0.15) is 0 Å². The Morgan fingerprint density at radius 2 is 1.88 bits per heavy atom. The van der Waals surface area contributed by atoms with Gasteiger partial charge in [0.05, 0.1) is 12.3 Å². The molecule has 5 nitrogen and oxygen atoms in total. The third-order valence-electron chi connectivity index (χ3n) is 4.08. The summed E-state index contributed by atoms with van der Waals surface area (Å²) < 4.78 is 41.8. The van der Waals surface area contributed by atoms with Gasteiger partial charge in [-0.15, -0.1) is 21.2 Å². The van der Waals surface area contributed by atoms with Gasteiger partial charge in [0.15, 0.2) is 11.5 Å². The lowest BCUT2D eigenvalue weighted by atomic mass is 10.0. The Balaban J connectivity index is 0.00000169. The molecule has 0 aliphatic carbocycles. The Bertz CT molecular complexity index is 691. The second-order valence-electron chi connectivity index (χ2n) is 5.55. The molecule has 3 heterocycles. The number of benzene rings is 1. The van der Waals surface area contributed by atoms with Crippen LogP contribution in [0, 0.1) is 0 Å². The lowest BCUT2D eigenvalue weighted by Crippen LogP contribution is -2.45. The van der Waals surface area contributed by atoms with Crippen LogP contribution in [-0.4, -0.2) is 37.4 Å². The standard InChI is InChI=1S/C16H16F2N2O3.ClH/c17-16(18)22-13-4-1-3-11(15(13)23-16)14(12-5-2-10-21-12)20-8-6-19-7-9-20;/h1-5,10,14,19H,6-9H2;1H/t14-;/m1./s1. The summed E-state index contributed by atoms with van der Waals surface area (Å²) in [5, 5.41) is 3.28. The average molecular weight is 359 g/mol. The SMILES string of the molecule is Cl.FC1(F)Oc2cccc([C@H](c3ccco3)N3CCNCC3)c2O1. The van der Waals surface area contributed by atoms with Gasteiger partial charge < -0.3 is 19.2 Å². The molecule has 2 aliphatic rings. The maximum absolute atomic E-state index is 13.5. The zero-order valence-electron chi connectivity index (χ0n) is 12.7. The molecule has 0 radical (unpaired) electrons. The highest BCUT2D eigenvalue weighted by molar-refractivity contribution is 5.85. The second kappa shape index (κ2) is 6.58. The molecular formula is C16H17ClF2N2O3. The topological polar surface area (TPSA) is 46.9 Å². The largest absolute Gasteiger partial charge is 0.586 e. The number of fused-ring (bicyclic) bond motifs is 1. The summed E-state index contributed by atoms with van der Waals surface area (Å²) in [4.78, 5) is 2.19. The van der Waals surface area contributed by atoms with Crippen LogP contribution >= 0.6 is 12.4 Å². The first kappa shape index (κ1) is 17.0. The van der Waals surface area contributed by atoms with Crippen LogP contribution in [0.5, 0.6) is 11.5 Å². The molecule has 1 fully saturated rings. The Morgan fingerprint density at radius 1 is 1.08 bits per heavy atom. The minimum atomic E-state index is -3.63. The summed E-state index contributed by atoms with van der Waals surface area (Å²) in [5.74, 6) is 0.829. The summed E-state index contributed by atoms with van der Waals surface area (Å²) in [6.45, 7) is 3.23. The second-order valence-corrected chi connectivity index (χ2v) is 5.55. The van der Waals surface area contributed by atoms with E-state index in [-0.39, 0.29) is 29.9 Å². The highest BCUT2D eigenvalue weighted by Crippen LogP contribution is 2.47. The molecule has 1 saturated heterocycles.